The van der Waals surface area contributed by atoms with Gasteiger partial charge >= 0.3 is 0 Å². The molecule has 2 N–H and O–H groups in total. The number of likely N-dealkylation sites (tertiary alicyclic amines) is 1. The van der Waals surface area contributed by atoms with E-state index in [-0.39, 0.29) is 35.6 Å². The first kappa shape index (κ1) is 21.6. The van der Waals surface area contributed by atoms with Crippen molar-refractivity contribution in [2.75, 3.05) is 20.2 Å². The zero-order valence-electron chi connectivity index (χ0n) is 19.4. The molecule has 0 radical (unpaired) electrons. The third kappa shape index (κ3) is 3.74. The fourth-order valence-electron chi connectivity index (χ4n) is 6.31. The van der Waals surface area contributed by atoms with Crippen LogP contribution in [0.25, 0.3) is 0 Å². The van der Waals surface area contributed by atoms with Gasteiger partial charge in [-0.05, 0) is 64.0 Å². The number of fused-ring (bicyclic) bond motifs is 3. The zero-order valence-corrected chi connectivity index (χ0v) is 19.4. The summed E-state index contributed by atoms with van der Waals surface area (Å²) in [6.45, 7) is 6.55. The van der Waals surface area contributed by atoms with Crippen molar-refractivity contribution in [2.45, 2.75) is 70.2 Å². The number of nitrogens with one attached hydrogen (secondary N) is 2. The summed E-state index contributed by atoms with van der Waals surface area (Å²) in [6.07, 6.45) is 5.48. The van der Waals surface area contributed by atoms with Crippen LogP contribution in [0.3, 0.4) is 0 Å². The van der Waals surface area contributed by atoms with Gasteiger partial charge in [-0.15, -0.1) is 0 Å². The topological polar surface area (TPSA) is 79.9 Å². The molecule has 2 heterocycles. The highest BCUT2D eigenvalue weighted by molar-refractivity contribution is 5.98. The summed E-state index contributed by atoms with van der Waals surface area (Å²) in [5, 5.41) is 6.53. The number of carbonyl (C=O) groups excluding carboxylic acids is 2. The summed E-state index contributed by atoms with van der Waals surface area (Å²) in [5.41, 5.74) is -0.168. The summed E-state index contributed by atoms with van der Waals surface area (Å²) in [6, 6.07) is 6.16. The predicted octanol–water partition coefficient (Wildman–Crippen LogP) is 2.94. The molecule has 2 aliphatic heterocycles. The fourth-order valence-corrected chi connectivity index (χ4v) is 6.31. The zero-order chi connectivity index (χ0) is 22.5. The van der Waals surface area contributed by atoms with Gasteiger partial charge in [0.2, 0.25) is 5.91 Å². The minimum atomic E-state index is -0.710. The Kier molecular flexibility index (Phi) is 5.56. The molecular formula is C25H35N3O4. The summed E-state index contributed by atoms with van der Waals surface area (Å²) < 4.78 is 11.8. The molecule has 3 aliphatic carbocycles. The van der Waals surface area contributed by atoms with Gasteiger partial charge in [-0.2, -0.15) is 0 Å². The maximum atomic E-state index is 13.2. The van der Waals surface area contributed by atoms with Crippen molar-refractivity contribution in [1.29, 1.82) is 0 Å². The smallest absolute Gasteiger partial charge is 0.258 e. The SMILES string of the molecule is COc1ccc2c(c1)O[C@]1(C[C@H]3CC[C@@H]1C[C@@H]3C(=O)NC1CCN(C(C)C)CC1)NC2=O. The molecule has 7 heteroatoms. The number of rotatable bonds is 4. The number of hydrogen-bond donors (Lipinski definition) is 2. The second-order valence-electron chi connectivity index (χ2n) is 10.3. The molecule has 1 spiro atoms. The molecule has 174 valence electrons. The largest absolute Gasteiger partial charge is 0.497 e. The number of nitrogens with zero attached hydrogens (tertiary/aromatic N) is 1. The average molecular weight is 442 g/mol. The van der Waals surface area contributed by atoms with Crippen LogP contribution in [-0.2, 0) is 4.79 Å². The van der Waals surface area contributed by atoms with Crippen LogP contribution in [0.5, 0.6) is 11.5 Å². The number of ether oxygens (including phenoxy) is 2. The molecule has 6 rings (SSSR count). The van der Waals surface area contributed by atoms with E-state index >= 15 is 0 Å². The first-order valence-corrected chi connectivity index (χ1v) is 12.1. The molecular weight excluding hydrogens is 406 g/mol. The van der Waals surface area contributed by atoms with Crippen LogP contribution in [0.15, 0.2) is 18.2 Å². The van der Waals surface area contributed by atoms with Gasteiger partial charge in [-0.1, -0.05) is 0 Å². The molecule has 3 saturated carbocycles. The molecule has 4 atom stereocenters. The maximum Gasteiger partial charge on any atom is 0.258 e. The highest BCUT2D eigenvalue weighted by atomic mass is 16.5. The molecule has 32 heavy (non-hydrogen) atoms. The highest BCUT2D eigenvalue weighted by Crippen LogP contribution is 2.52. The van der Waals surface area contributed by atoms with Crippen LogP contribution in [-0.4, -0.2) is 54.7 Å². The molecule has 0 unspecified atom stereocenters. The van der Waals surface area contributed by atoms with Crippen molar-refractivity contribution in [3.05, 3.63) is 23.8 Å². The maximum absolute atomic E-state index is 13.2. The van der Waals surface area contributed by atoms with Crippen LogP contribution in [0, 0.1) is 17.8 Å². The third-order valence-corrected chi connectivity index (χ3v) is 8.21. The molecule has 1 aromatic rings. The summed E-state index contributed by atoms with van der Waals surface area (Å²) in [5.74, 6) is 1.72. The van der Waals surface area contributed by atoms with E-state index in [1.54, 1.807) is 25.3 Å². The predicted molar refractivity (Wildman–Crippen MR) is 121 cm³/mol. The normalized spacial score (nSPS) is 32.4. The van der Waals surface area contributed by atoms with Crippen LogP contribution < -0.4 is 20.1 Å². The van der Waals surface area contributed by atoms with E-state index in [9.17, 15) is 9.59 Å². The second kappa shape index (κ2) is 8.25. The number of hydrogen-bond acceptors (Lipinski definition) is 5. The van der Waals surface area contributed by atoms with Crippen molar-refractivity contribution in [3.8, 4) is 11.5 Å². The van der Waals surface area contributed by atoms with E-state index in [0.29, 0.717) is 29.5 Å². The van der Waals surface area contributed by atoms with Gasteiger partial charge in [0.15, 0.2) is 5.72 Å². The lowest BCUT2D eigenvalue weighted by Gasteiger charge is -2.55. The van der Waals surface area contributed by atoms with E-state index in [1.165, 1.54) is 0 Å². The third-order valence-electron chi connectivity index (χ3n) is 8.21. The highest BCUT2D eigenvalue weighted by Gasteiger charge is 2.57. The number of amides is 2. The van der Waals surface area contributed by atoms with E-state index in [4.69, 9.17) is 9.47 Å². The number of benzene rings is 1. The Morgan fingerprint density at radius 2 is 2.03 bits per heavy atom. The van der Waals surface area contributed by atoms with Gasteiger partial charge in [-0.3, -0.25) is 9.59 Å². The van der Waals surface area contributed by atoms with Crippen LogP contribution >= 0.6 is 0 Å². The minimum absolute atomic E-state index is 0.00899. The monoisotopic (exact) mass is 441 g/mol. The average Bonchev–Trinajstić information content (AvgIpc) is 2.79. The molecule has 2 bridgehead atoms. The Labute approximate surface area is 190 Å². The Morgan fingerprint density at radius 1 is 1.25 bits per heavy atom. The van der Waals surface area contributed by atoms with E-state index in [1.807, 2.05) is 0 Å². The Balaban J connectivity index is 1.26. The molecule has 7 nitrogen and oxygen atoms in total. The lowest BCUT2D eigenvalue weighted by Crippen LogP contribution is -2.67. The molecule has 0 aromatic heterocycles. The van der Waals surface area contributed by atoms with Crippen LogP contribution in [0.1, 0.15) is 62.7 Å². The van der Waals surface area contributed by atoms with Crippen LogP contribution in [0.4, 0.5) is 0 Å². The standard InChI is InChI=1S/C25H35N3O4/c1-15(2)28-10-8-18(9-11-28)26-23(29)21-12-17-5-4-16(21)14-25(17)27-24(30)20-7-6-19(31-3)13-22(20)32-25/h6-7,13,15-18,21H,4-5,8-12,14H2,1-3H3,(H,26,29)(H,27,30)/t16-,17-,21+,25+/m1/s1. The lowest BCUT2D eigenvalue weighted by molar-refractivity contribution is -0.147. The van der Waals surface area contributed by atoms with Gasteiger partial charge in [0, 0.05) is 49.5 Å². The molecule has 5 aliphatic rings. The van der Waals surface area contributed by atoms with Crippen molar-refractivity contribution < 1.29 is 19.1 Å². The lowest BCUT2D eigenvalue weighted by atomic mass is 9.60. The number of carbonyl (C=O) groups is 2. The number of methoxy groups -OCH3 is 1. The van der Waals surface area contributed by atoms with E-state index in [2.05, 4.69) is 29.4 Å². The second-order valence-corrected chi connectivity index (χ2v) is 10.3. The number of piperidine rings is 1. The van der Waals surface area contributed by atoms with E-state index in [0.717, 1.165) is 45.2 Å². The Hall–Kier alpha value is -2.28. The quantitative estimate of drug-likeness (QED) is 0.751. The van der Waals surface area contributed by atoms with Gasteiger partial charge < -0.3 is 25.0 Å². The van der Waals surface area contributed by atoms with Crippen molar-refractivity contribution in [1.82, 2.24) is 15.5 Å². The van der Waals surface area contributed by atoms with Crippen molar-refractivity contribution in [2.24, 2.45) is 17.8 Å². The first-order chi connectivity index (χ1) is 15.4. The first-order valence-electron chi connectivity index (χ1n) is 12.1. The molecule has 4 fully saturated rings. The van der Waals surface area contributed by atoms with E-state index < -0.39 is 5.72 Å². The summed E-state index contributed by atoms with van der Waals surface area (Å²) >= 11 is 0. The molecule has 2 amide bonds. The van der Waals surface area contributed by atoms with Gasteiger partial charge in [0.1, 0.15) is 11.5 Å². The Morgan fingerprint density at radius 3 is 2.69 bits per heavy atom. The summed E-state index contributed by atoms with van der Waals surface area (Å²) in [7, 11) is 1.61. The van der Waals surface area contributed by atoms with Crippen LogP contribution in [0.2, 0.25) is 0 Å². The van der Waals surface area contributed by atoms with Gasteiger partial charge in [0.25, 0.3) is 5.91 Å². The molecule has 1 aromatic carbocycles. The van der Waals surface area contributed by atoms with Gasteiger partial charge in [0.05, 0.1) is 12.7 Å². The fraction of sp³-hybridized carbons (Fsp3) is 0.680. The summed E-state index contributed by atoms with van der Waals surface area (Å²) in [4.78, 5) is 28.6. The Bertz CT molecular complexity index is 895. The van der Waals surface area contributed by atoms with Gasteiger partial charge in [-0.25, -0.2) is 0 Å². The minimum Gasteiger partial charge on any atom is -0.497 e. The molecule has 1 saturated heterocycles. The van der Waals surface area contributed by atoms with Crippen molar-refractivity contribution in [3.63, 3.8) is 0 Å². The van der Waals surface area contributed by atoms with Crippen molar-refractivity contribution >= 4 is 11.8 Å².